The largest absolute Gasteiger partial charge is 0.508 e. The quantitative estimate of drug-likeness (QED) is 0.641. The monoisotopic (exact) mass is 284 g/mol. The summed E-state index contributed by atoms with van der Waals surface area (Å²) in [4.78, 5) is 10.6. The number of aromatic hydroxyl groups is 1. The van der Waals surface area contributed by atoms with Crippen molar-refractivity contribution in [2.75, 3.05) is 20.6 Å². The number of hydrogen-bond donors (Lipinski definition) is 2. The molecule has 0 radical (unpaired) electrons. The Hall–Kier alpha value is -1.82. The first kappa shape index (κ1) is 18.2. The molecule has 114 valence electrons. The van der Waals surface area contributed by atoms with Gasteiger partial charge in [0.05, 0.1) is 0 Å². The van der Waals surface area contributed by atoms with E-state index in [1.807, 2.05) is 12.1 Å². The van der Waals surface area contributed by atoms with Gasteiger partial charge in [-0.3, -0.25) is 0 Å². The molecule has 2 N–H and O–H groups in total. The van der Waals surface area contributed by atoms with Gasteiger partial charge in [0.25, 0.3) is 5.09 Å². The van der Waals surface area contributed by atoms with E-state index in [9.17, 15) is 5.11 Å². The first-order valence-corrected chi connectivity index (χ1v) is 6.54. The maximum Gasteiger partial charge on any atom is 0.291 e. The number of phenolic OH excluding ortho intramolecular Hbond substituents is 1. The van der Waals surface area contributed by atoms with E-state index in [1.54, 1.807) is 6.07 Å². The van der Waals surface area contributed by atoms with Crippen LogP contribution in [0.15, 0.2) is 24.3 Å². The fourth-order valence-corrected chi connectivity index (χ4v) is 2.43. The van der Waals surface area contributed by atoms with Crippen molar-refractivity contribution in [3.63, 3.8) is 0 Å². The summed E-state index contributed by atoms with van der Waals surface area (Å²) in [5, 5.41) is 23.1. The molecule has 0 spiro atoms. The highest BCUT2D eigenvalue weighted by Gasteiger charge is 2.18. The van der Waals surface area contributed by atoms with Gasteiger partial charge in [0.1, 0.15) is 5.75 Å². The predicted molar refractivity (Wildman–Crippen MR) is 77.6 cm³/mol. The van der Waals surface area contributed by atoms with Gasteiger partial charge in [-0.2, -0.15) is 0 Å². The second kappa shape index (κ2) is 9.14. The van der Waals surface area contributed by atoms with Gasteiger partial charge in [-0.1, -0.05) is 26.0 Å². The fourth-order valence-electron chi connectivity index (χ4n) is 2.43. The number of phenols is 1. The summed E-state index contributed by atoms with van der Waals surface area (Å²) in [7, 11) is 4.21. The number of benzene rings is 1. The number of hydrogen-bond acceptors (Lipinski definition) is 4. The summed E-state index contributed by atoms with van der Waals surface area (Å²) in [6, 6.07) is 7.66. The second-order valence-corrected chi connectivity index (χ2v) is 5.09. The van der Waals surface area contributed by atoms with E-state index in [0.717, 1.165) is 13.0 Å². The molecule has 1 rings (SSSR count). The van der Waals surface area contributed by atoms with Crippen molar-refractivity contribution in [2.24, 2.45) is 5.92 Å². The van der Waals surface area contributed by atoms with Gasteiger partial charge in [0, 0.05) is 6.54 Å². The van der Waals surface area contributed by atoms with E-state index in [0.29, 0.717) is 17.6 Å². The minimum absolute atomic E-state index is 0.369. The Bertz CT molecular complexity index is 406. The molecule has 6 heteroatoms. The molecule has 0 aliphatic carbocycles. The third kappa shape index (κ3) is 7.58. The summed E-state index contributed by atoms with van der Waals surface area (Å²) >= 11 is 0. The molecule has 0 heterocycles. The Balaban J connectivity index is 0.000000796. The molecule has 0 bridgehead atoms. The molecule has 0 saturated carbocycles. The van der Waals surface area contributed by atoms with Gasteiger partial charge in [0.2, 0.25) is 0 Å². The van der Waals surface area contributed by atoms with Gasteiger partial charge in [0.15, 0.2) is 0 Å². The van der Waals surface area contributed by atoms with Gasteiger partial charge in [-0.05, 0) is 50.0 Å². The lowest BCUT2D eigenvalue weighted by Gasteiger charge is -2.26. The highest BCUT2D eigenvalue weighted by Crippen LogP contribution is 2.30. The molecule has 20 heavy (non-hydrogen) atoms. The SMILES string of the molecule is CC[C@@H](c1cccc(O)c1)[C@@H](C)CN(C)C.O=[N+]([O-])O. The third-order valence-electron chi connectivity index (χ3n) is 3.08. The zero-order valence-electron chi connectivity index (χ0n) is 12.5. The molecule has 0 amide bonds. The molecular formula is C14H24N2O4. The van der Waals surface area contributed by atoms with Crippen molar-refractivity contribution in [3.8, 4) is 5.75 Å². The van der Waals surface area contributed by atoms with E-state index in [1.165, 1.54) is 5.56 Å². The summed E-state index contributed by atoms with van der Waals surface area (Å²) in [6.07, 6.45) is 1.11. The number of nitrogens with zero attached hydrogens (tertiary/aromatic N) is 2. The maximum atomic E-state index is 9.51. The van der Waals surface area contributed by atoms with Crippen molar-refractivity contribution in [2.45, 2.75) is 26.2 Å². The van der Waals surface area contributed by atoms with Gasteiger partial charge >= 0.3 is 0 Å². The van der Waals surface area contributed by atoms with Gasteiger partial charge in [-0.15, -0.1) is 10.1 Å². The summed E-state index contributed by atoms with van der Waals surface area (Å²) in [5.41, 5.74) is 1.25. The molecule has 1 aromatic rings. The molecular weight excluding hydrogens is 260 g/mol. The molecule has 6 nitrogen and oxygen atoms in total. The molecule has 2 atom stereocenters. The first-order chi connectivity index (χ1) is 9.27. The van der Waals surface area contributed by atoms with E-state index >= 15 is 0 Å². The van der Waals surface area contributed by atoms with Crippen LogP contribution in [-0.4, -0.2) is 40.9 Å². The van der Waals surface area contributed by atoms with E-state index in [-0.39, 0.29) is 0 Å². The minimum atomic E-state index is -1.50. The van der Waals surface area contributed by atoms with E-state index in [4.69, 9.17) is 15.3 Å². The van der Waals surface area contributed by atoms with Crippen LogP contribution in [0.1, 0.15) is 31.7 Å². The molecule has 0 saturated heterocycles. The van der Waals surface area contributed by atoms with Crippen LogP contribution >= 0.6 is 0 Å². The van der Waals surface area contributed by atoms with Crippen molar-refractivity contribution >= 4 is 0 Å². The fraction of sp³-hybridized carbons (Fsp3) is 0.571. The first-order valence-electron chi connectivity index (χ1n) is 6.54. The number of rotatable bonds is 5. The van der Waals surface area contributed by atoms with Crippen LogP contribution < -0.4 is 0 Å². The average Bonchev–Trinajstić information content (AvgIpc) is 2.28. The van der Waals surface area contributed by atoms with Crippen LogP contribution in [-0.2, 0) is 0 Å². The lowest BCUT2D eigenvalue weighted by Crippen LogP contribution is -2.24. The molecule has 1 aromatic carbocycles. The lowest BCUT2D eigenvalue weighted by atomic mass is 9.85. The Kier molecular flexibility index (Phi) is 8.31. The van der Waals surface area contributed by atoms with Crippen molar-refractivity contribution in [3.05, 3.63) is 39.9 Å². The average molecular weight is 284 g/mol. The van der Waals surface area contributed by atoms with E-state index < -0.39 is 5.09 Å². The van der Waals surface area contributed by atoms with Gasteiger partial charge in [-0.25, -0.2) is 0 Å². The topological polar surface area (TPSA) is 86.8 Å². The highest BCUT2D eigenvalue weighted by molar-refractivity contribution is 5.30. The molecule has 0 aliphatic rings. The highest BCUT2D eigenvalue weighted by atomic mass is 16.9. The van der Waals surface area contributed by atoms with Crippen molar-refractivity contribution < 1.29 is 15.4 Å². The third-order valence-corrected chi connectivity index (χ3v) is 3.08. The Morgan fingerprint density at radius 3 is 2.35 bits per heavy atom. The predicted octanol–water partition coefficient (Wildman–Crippen LogP) is 2.74. The van der Waals surface area contributed by atoms with Crippen molar-refractivity contribution in [1.29, 1.82) is 0 Å². The summed E-state index contributed by atoms with van der Waals surface area (Å²) < 4.78 is 0. The second-order valence-electron chi connectivity index (χ2n) is 5.09. The molecule has 0 fully saturated rings. The normalized spacial score (nSPS) is 13.2. The summed E-state index contributed by atoms with van der Waals surface area (Å²) in [6.45, 7) is 5.56. The smallest absolute Gasteiger partial charge is 0.291 e. The van der Waals surface area contributed by atoms with Crippen LogP contribution in [0.4, 0.5) is 0 Å². The maximum absolute atomic E-state index is 9.51. The minimum Gasteiger partial charge on any atom is -0.508 e. The molecule has 0 aromatic heterocycles. The standard InChI is InChI=1S/C14H23NO.HNO3/c1-5-14(11(2)10-15(3)4)12-7-6-8-13(16)9-12;2-1(3)4/h6-9,11,14,16H,5,10H2,1-4H3;(H,2,3,4)/t11-,14+;/m0./s1. The molecule has 0 aliphatic heterocycles. The molecule has 0 unspecified atom stereocenters. The van der Waals surface area contributed by atoms with Crippen LogP contribution in [0.25, 0.3) is 0 Å². The van der Waals surface area contributed by atoms with Crippen LogP contribution in [0.2, 0.25) is 0 Å². The zero-order chi connectivity index (χ0) is 15.7. The Labute approximate surface area is 119 Å². The lowest BCUT2D eigenvalue weighted by molar-refractivity contribution is -0.742. The van der Waals surface area contributed by atoms with Gasteiger partial charge < -0.3 is 15.2 Å². The summed E-state index contributed by atoms with van der Waals surface area (Å²) in [5.74, 6) is 1.49. The van der Waals surface area contributed by atoms with Crippen molar-refractivity contribution in [1.82, 2.24) is 4.90 Å². The van der Waals surface area contributed by atoms with E-state index in [2.05, 4.69) is 38.9 Å². The van der Waals surface area contributed by atoms with Crippen LogP contribution in [0.5, 0.6) is 5.75 Å². The van der Waals surface area contributed by atoms with Crippen LogP contribution in [0.3, 0.4) is 0 Å². The Morgan fingerprint density at radius 2 is 1.95 bits per heavy atom. The zero-order valence-corrected chi connectivity index (χ0v) is 12.5. The Morgan fingerprint density at radius 1 is 1.40 bits per heavy atom. The van der Waals surface area contributed by atoms with Crippen LogP contribution in [0, 0.1) is 16.0 Å².